The second-order valence-electron chi connectivity index (χ2n) is 6.35. The summed E-state index contributed by atoms with van der Waals surface area (Å²) in [7, 11) is 1.58. The van der Waals surface area contributed by atoms with Gasteiger partial charge in [0.25, 0.3) is 5.91 Å². The Labute approximate surface area is 141 Å². The Morgan fingerprint density at radius 2 is 1.42 bits per heavy atom. The van der Waals surface area contributed by atoms with Gasteiger partial charge in [-0.25, -0.2) is 0 Å². The van der Waals surface area contributed by atoms with E-state index in [0.29, 0.717) is 17.0 Å². The Bertz CT molecular complexity index is 713. The molecule has 0 unspecified atom stereocenters. The van der Waals surface area contributed by atoms with Crippen molar-refractivity contribution in [2.24, 2.45) is 5.41 Å². The third kappa shape index (κ3) is 4.59. The zero-order valence-corrected chi connectivity index (χ0v) is 14.3. The number of hydrogen-bond donors (Lipinski definition) is 1. The normalized spacial score (nSPS) is 10.8. The number of benzene rings is 2. The number of anilines is 1. The Kier molecular flexibility index (Phi) is 5.24. The molecule has 0 bridgehead atoms. The molecule has 126 valence electrons. The molecule has 0 radical (unpaired) electrons. The second-order valence-corrected chi connectivity index (χ2v) is 6.35. The van der Waals surface area contributed by atoms with Crippen LogP contribution in [0.15, 0.2) is 48.5 Å². The molecule has 0 atom stereocenters. The van der Waals surface area contributed by atoms with Gasteiger partial charge in [0.15, 0.2) is 0 Å². The first kappa shape index (κ1) is 17.5. The van der Waals surface area contributed by atoms with E-state index in [2.05, 4.69) is 5.32 Å². The molecule has 0 saturated heterocycles. The fourth-order valence-corrected chi connectivity index (χ4v) is 1.81. The summed E-state index contributed by atoms with van der Waals surface area (Å²) in [6.45, 7) is 5.35. The third-order valence-corrected chi connectivity index (χ3v) is 3.29. The maximum atomic E-state index is 12.2. The predicted octanol–water partition coefficient (Wildman–Crippen LogP) is 3.90. The van der Waals surface area contributed by atoms with Crippen molar-refractivity contribution in [3.8, 4) is 11.5 Å². The summed E-state index contributed by atoms with van der Waals surface area (Å²) in [5.74, 6) is 0.570. The summed E-state index contributed by atoms with van der Waals surface area (Å²) in [6, 6.07) is 13.5. The molecule has 0 fully saturated rings. The van der Waals surface area contributed by atoms with Gasteiger partial charge >= 0.3 is 5.97 Å². The van der Waals surface area contributed by atoms with Gasteiger partial charge in [-0.05, 0) is 69.3 Å². The molecule has 0 aliphatic carbocycles. The lowest BCUT2D eigenvalue weighted by molar-refractivity contribution is -0.142. The summed E-state index contributed by atoms with van der Waals surface area (Å²) in [6.07, 6.45) is 0. The Morgan fingerprint density at radius 3 is 1.92 bits per heavy atom. The van der Waals surface area contributed by atoms with E-state index in [9.17, 15) is 9.59 Å². The zero-order valence-electron chi connectivity index (χ0n) is 14.3. The van der Waals surface area contributed by atoms with Crippen molar-refractivity contribution in [2.75, 3.05) is 12.4 Å². The van der Waals surface area contributed by atoms with E-state index in [1.54, 1.807) is 76.4 Å². The number of rotatable bonds is 4. The monoisotopic (exact) mass is 327 g/mol. The fourth-order valence-electron chi connectivity index (χ4n) is 1.81. The quantitative estimate of drug-likeness (QED) is 0.683. The molecule has 0 heterocycles. The minimum Gasteiger partial charge on any atom is -0.497 e. The number of ether oxygens (including phenoxy) is 2. The van der Waals surface area contributed by atoms with Crippen LogP contribution in [0.5, 0.6) is 11.5 Å². The largest absolute Gasteiger partial charge is 0.497 e. The highest BCUT2D eigenvalue weighted by Gasteiger charge is 2.23. The zero-order chi connectivity index (χ0) is 17.7. The highest BCUT2D eigenvalue weighted by Crippen LogP contribution is 2.20. The fraction of sp³-hybridized carbons (Fsp3) is 0.263. The van der Waals surface area contributed by atoms with Crippen LogP contribution in [0.4, 0.5) is 5.69 Å². The van der Waals surface area contributed by atoms with Crippen molar-refractivity contribution in [3.63, 3.8) is 0 Å². The smallest absolute Gasteiger partial charge is 0.316 e. The van der Waals surface area contributed by atoms with E-state index < -0.39 is 5.41 Å². The summed E-state index contributed by atoms with van der Waals surface area (Å²) in [5.41, 5.74) is 0.565. The minimum atomic E-state index is -0.579. The lowest BCUT2D eigenvalue weighted by Crippen LogP contribution is -2.25. The number of amides is 1. The summed E-state index contributed by atoms with van der Waals surface area (Å²) >= 11 is 0. The number of esters is 1. The van der Waals surface area contributed by atoms with E-state index in [1.165, 1.54) is 0 Å². The van der Waals surface area contributed by atoms with Gasteiger partial charge in [-0.1, -0.05) is 0 Å². The van der Waals surface area contributed by atoms with Crippen molar-refractivity contribution >= 4 is 17.6 Å². The van der Waals surface area contributed by atoms with Crippen molar-refractivity contribution in [2.45, 2.75) is 20.8 Å². The average Bonchev–Trinajstić information content (AvgIpc) is 2.55. The van der Waals surface area contributed by atoms with Crippen LogP contribution in [0.25, 0.3) is 0 Å². The Hall–Kier alpha value is -2.82. The molecule has 0 aliphatic rings. The maximum absolute atomic E-state index is 12.2. The lowest BCUT2D eigenvalue weighted by atomic mass is 9.97. The molecule has 24 heavy (non-hydrogen) atoms. The van der Waals surface area contributed by atoms with Crippen molar-refractivity contribution < 1.29 is 19.1 Å². The topological polar surface area (TPSA) is 64.6 Å². The van der Waals surface area contributed by atoms with Gasteiger partial charge in [-0.15, -0.1) is 0 Å². The predicted molar refractivity (Wildman–Crippen MR) is 92.5 cm³/mol. The van der Waals surface area contributed by atoms with Crippen LogP contribution < -0.4 is 14.8 Å². The van der Waals surface area contributed by atoms with Crippen molar-refractivity contribution in [1.82, 2.24) is 0 Å². The van der Waals surface area contributed by atoms with Crippen LogP contribution in [0, 0.1) is 5.41 Å². The number of nitrogens with one attached hydrogen (secondary N) is 1. The molecule has 5 nitrogen and oxygen atoms in total. The molecule has 0 aromatic heterocycles. The van der Waals surface area contributed by atoms with Gasteiger partial charge < -0.3 is 14.8 Å². The first-order chi connectivity index (χ1) is 11.3. The third-order valence-electron chi connectivity index (χ3n) is 3.29. The minimum absolute atomic E-state index is 0.242. The molecule has 0 saturated carbocycles. The maximum Gasteiger partial charge on any atom is 0.316 e. The van der Waals surface area contributed by atoms with E-state index in [1.807, 2.05) is 0 Å². The first-order valence-electron chi connectivity index (χ1n) is 7.57. The molecule has 0 spiro atoms. The first-order valence-corrected chi connectivity index (χ1v) is 7.57. The number of carbonyl (C=O) groups excluding carboxylic acids is 2. The molecule has 2 aromatic carbocycles. The highest BCUT2D eigenvalue weighted by atomic mass is 16.5. The van der Waals surface area contributed by atoms with Gasteiger partial charge in [0.05, 0.1) is 12.5 Å². The van der Waals surface area contributed by atoms with Crippen LogP contribution in [0.1, 0.15) is 31.1 Å². The Balaban J connectivity index is 2.01. The van der Waals surface area contributed by atoms with Crippen molar-refractivity contribution in [1.29, 1.82) is 0 Å². The van der Waals surface area contributed by atoms with Crippen LogP contribution in [-0.2, 0) is 4.79 Å². The molecule has 2 aromatic rings. The van der Waals surface area contributed by atoms with E-state index in [-0.39, 0.29) is 11.9 Å². The van der Waals surface area contributed by atoms with E-state index >= 15 is 0 Å². The molecule has 2 rings (SSSR count). The molecular weight excluding hydrogens is 306 g/mol. The van der Waals surface area contributed by atoms with Crippen LogP contribution >= 0.6 is 0 Å². The van der Waals surface area contributed by atoms with Gasteiger partial charge in [0.1, 0.15) is 11.5 Å². The van der Waals surface area contributed by atoms with Crippen molar-refractivity contribution in [3.05, 3.63) is 54.1 Å². The average molecular weight is 327 g/mol. The number of hydrogen-bond acceptors (Lipinski definition) is 4. The molecule has 1 amide bonds. The summed E-state index contributed by atoms with van der Waals surface area (Å²) < 4.78 is 10.3. The van der Waals surface area contributed by atoms with Gasteiger partial charge in [0, 0.05) is 11.3 Å². The molecule has 1 N–H and O–H groups in total. The van der Waals surface area contributed by atoms with E-state index in [4.69, 9.17) is 9.47 Å². The van der Waals surface area contributed by atoms with Crippen LogP contribution in [0.2, 0.25) is 0 Å². The standard InChI is InChI=1S/C19H21NO4/c1-19(2,3)18(22)24-16-9-5-13(6-10-16)17(21)20-14-7-11-15(23-4)12-8-14/h5-12H,1-4H3,(H,20,21). The van der Waals surface area contributed by atoms with Gasteiger partial charge in [0.2, 0.25) is 0 Å². The molecule has 5 heteroatoms. The number of carbonyl (C=O) groups is 2. The van der Waals surface area contributed by atoms with E-state index in [0.717, 1.165) is 5.75 Å². The SMILES string of the molecule is COc1ccc(NC(=O)c2ccc(OC(=O)C(C)(C)C)cc2)cc1. The molecular formula is C19H21NO4. The Morgan fingerprint density at radius 1 is 0.875 bits per heavy atom. The number of methoxy groups -OCH3 is 1. The van der Waals surface area contributed by atoms with Gasteiger partial charge in [-0.2, -0.15) is 0 Å². The second kappa shape index (κ2) is 7.17. The molecule has 0 aliphatic heterocycles. The summed E-state index contributed by atoms with van der Waals surface area (Å²) in [5, 5.41) is 2.79. The van der Waals surface area contributed by atoms with Crippen LogP contribution in [0.3, 0.4) is 0 Å². The summed E-state index contributed by atoms with van der Waals surface area (Å²) in [4.78, 5) is 24.0. The van der Waals surface area contributed by atoms with Crippen LogP contribution in [-0.4, -0.2) is 19.0 Å². The van der Waals surface area contributed by atoms with Gasteiger partial charge in [-0.3, -0.25) is 9.59 Å². The lowest BCUT2D eigenvalue weighted by Gasteiger charge is -2.16. The highest BCUT2D eigenvalue weighted by molar-refractivity contribution is 6.04.